The van der Waals surface area contributed by atoms with E-state index in [2.05, 4.69) is 9.97 Å². The molecule has 8 heteroatoms. The van der Waals surface area contributed by atoms with E-state index < -0.39 is 15.6 Å². The SMILES string of the molecule is CN(Cc1nc(N)cc(=O)[nH]1)S(=O)(=O)c1ccccc1. The smallest absolute Gasteiger partial charge is 0.253 e. The van der Waals surface area contributed by atoms with Crippen LogP contribution in [-0.2, 0) is 16.6 Å². The topological polar surface area (TPSA) is 109 Å². The number of hydrogen-bond donors (Lipinski definition) is 2. The molecule has 0 aliphatic heterocycles. The average molecular weight is 294 g/mol. The first-order chi connectivity index (χ1) is 9.39. The predicted octanol–water partition coefficient (Wildman–Crippen LogP) is 0.173. The summed E-state index contributed by atoms with van der Waals surface area (Å²) < 4.78 is 25.7. The molecule has 2 aromatic rings. The Balaban J connectivity index is 2.28. The number of rotatable bonds is 4. The second-order valence-corrected chi connectivity index (χ2v) is 6.24. The van der Waals surface area contributed by atoms with Crippen molar-refractivity contribution in [3.05, 3.63) is 52.6 Å². The van der Waals surface area contributed by atoms with Crippen molar-refractivity contribution in [2.45, 2.75) is 11.4 Å². The number of nitrogens with two attached hydrogens (primary N) is 1. The van der Waals surface area contributed by atoms with Crippen LogP contribution in [0.15, 0.2) is 46.1 Å². The minimum absolute atomic E-state index is 0.0502. The van der Waals surface area contributed by atoms with E-state index in [9.17, 15) is 13.2 Å². The molecule has 0 bridgehead atoms. The number of sulfonamides is 1. The largest absolute Gasteiger partial charge is 0.383 e. The highest BCUT2D eigenvalue weighted by atomic mass is 32.2. The van der Waals surface area contributed by atoms with E-state index in [-0.39, 0.29) is 23.1 Å². The standard InChI is InChI=1S/C12H14N4O3S/c1-16(8-11-14-10(13)7-12(17)15-11)20(18,19)9-5-3-2-4-6-9/h2-7H,8H2,1H3,(H3,13,14,15,17). The number of hydrogen-bond acceptors (Lipinski definition) is 5. The Morgan fingerprint density at radius 2 is 1.95 bits per heavy atom. The maximum absolute atomic E-state index is 12.3. The van der Waals surface area contributed by atoms with Crippen LogP contribution in [0.25, 0.3) is 0 Å². The van der Waals surface area contributed by atoms with Crippen molar-refractivity contribution >= 4 is 15.8 Å². The number of nitrogens with zero attached hydrogens (tertiary/aromatic N) is 2. The van der Waals surface area contributed by atoms with E-state index in [1.54, 1.807) is 18.2 Å². The zero-order chi connectivity index (χ0) is 14.8. The number of anilines is 1. The lowest BCUT2D eigenvalue weighted by molar-refractivity contribution is 0.456. The van der Waals surface area contributed by atoms with E-state index >= 15 is 0 Å². The number of nitrogens with one attached hydrogen (secondary N) is 1. The van der Waals surface area contributed by atoms with Gasteiger partial charge in [0, 0.05) is 13.1 Å². The summed E-state index contributed by atoms with van der Waals surface area (Å²) in [6, 6.07) is 9.15. The Bertz CT molecular complexity index is 756. The highest BCUT2D eigenvalue weighted by Crippen LogP contribution is 2.14. The molecule has 3 N–H and O–H groups in total. The van der Waals surface area contributed by atoms with Gasteiger partial charge in [-0.15, -0.1) is 0 Å². The molecule has 0 amide bonds. The summed E-state index contributed by atoms with van der Waals surface area (Å²) in [7, 11) is -2.22. The fourth-order valence-electron chi connectivity index (χ4n) is 1.67. The summed E-state index contributed by atoms with van der Waals surface area (Å²) >= 11 is 0. The van der Waals surface area contributed by atoms with Crippen molar-refractivity contribution < 1.29 is 8.42 Å². The first-order valence-corrected chi connectivity index (χ1v) is 7.21. The molecule has 7 nitrogen and oxygen atoms in total. The van der Waals surface area contributed by atoms with Gasteiger partial charge in [0.25, 0.3) is 5.56 Å². The van der Waals surface area contributed by atoms with Gasteiger partial charge in [0.1, 0.15) is 11.6 Å². The monoisotopic (exact) mass is 294 g/mol. The van der Waals surface area contributed by atoms with E-state index in [0.29, 0.717) is 0 Å². The Kier molecular flexibility index (Phi) is 3.86. The summed E-state index contributed by atoms with van der Waals surface area (Å²) in [5.41, 5.74) is 5.04. The van der Waals surface area contributed by atoms with Gasteiger partial charge in [-0.25, -0.2) is 13.4 Å². The lowest BCUT2D eigenvalue weighted by atomic mass is 10.4. The molecule has 0 fully saturated rings. The zero-order valence-corrected chi connectivity index (χ0v) is 11.6. The summed E-state index contributed by atoms with van der Waals surface area (Å²) in [6.07, 6.45) is 0. The summed E-state index contributed by atoms with van der Waals surface area (Å²) in [4.78, 5) is 17.8. The van der Waals surface area contributed by atoms with Crippen molar-refractivity contribution in [2.75, 3.05) is 12.8 Å². The van der Waals surface area contributed by atoms with Crippen LogP contribution >= 0.6 is 0 Å². The van der Waals surface area contributed by atoms with Crippen LogP contribution in [-0.4, -0.2) is 29.7 Å². The van der Waals surface area contributed by atoms with Gasteiger partial charge in [0.2, 0.25) is 10.0 Å². The molecule has 2 rings (SSSR count). The first-order valence-electron chi connectivity index (χ1n) is 5.77. The molecule has 1 aromatic heterocycles. The molecule has 0 aliphatic carbocycles. The Morgan fingerprint density at radius 1 is 1.30 bits per heavy atom. The minimum Gasteiger partial charge on any atom is -0.383 e. The summed E-state index contributed by atoms with van der Waals surface area (Å²) in [5, 5.41) is 0. The van der Waals surface area contributed by atoms with Crippen LogP contribution in [0, 0.1) is 0 Å². The summed E-state index contributed by atoms with van der Waals surface area (Å²) in [5.74, 6) is 0.242. The van der Waals surface area contributed by atoms with E-state index in [1.165, 1.54) is 19.2 Å². The maximum atomic E-state index is 12.3. The lowest BCUT2D eigenvalue weighted by Gasteiger charge is -2.16. The highest BCUT2D eigenvalue weighted by molar-refractivity contribution is 7.89. The van der Waals surface area contributed by atoms with E-state index in [1.807, 2.05) is 0 Å². The zero-order valence-electron chi connectivity index (χ0n) is 10.8. The second kappa shape index (κ2) is 5.43. The number of aromatic nitrogens is 2. The van der Waals surface area contributed by atoms with Crippen molar-refractivity contribution in [2.24, 2.45) is 0 Å². The molecule has 0 aliphatic rings. The van der Waals surface area contributed by atoms with Crippen LogP contribution in [0.3, 0.4) is 0 Å². The number of H-pyrrole nitrogens is 1. The fourth-order valence-corrected chi connectivity index (χ4v) is 2.83. The molecule has 20 heavy (non-hydrogen) atoms. The molecule has 0 spiro atoms. The summed E-state index contributed by atoms with van der Waals surface area (Å²) in [6.45, 7) is -0.0719. The average Bonchev–Trinajstić information content (AvgIpc) is 2.38. The maximum Gasteiger partial charge on any atom is 0.253 e. The fraction of sp³-hybridized carbons (Fsp3) is 0.167. The van der Waals surface area contributed by atoms with Gasteiger partial charge in [-0.1, -0.05) is 18.2 Å². The van der Waals surface area contributed by atoms with Gasteiger partial charge >= 0.3 is 0 Å². The first kappa shape index (κ1) is 14.2. The van der Waals surface area contributed by atoms with Gasteiger partial charge < -0.3 is 10.7 Å². The quantitative estimate of drug-likeness (QED) is 0.835. The third kappa shape index (κ3) is 3.03. The Labute approximate surface area is 116 Å². The van der Waals surface area contributed by atoms with E-state index in [0.717, 1.165) is 10.4 Å². The van der Waals surface area contributed by atoms with Crippen LogP contribution < -0.4 is 11.3 Å². The van der Waals surface area contributed by atoms with Gasteiger partial charge in [-0.2, -0.15) is 4.31 Å². The van der Waals surface area contributed by atoms with E-state index in [4.69, 9.17) is 5.73 Å². The number of nitrogen functional groups attached to an aromatic ring is 1. The van der Waals surface area contributed by atoms with Crippen molar-refractivity contribution in [3.63, 3.8) is 0 Å². The molecule has 1 heterocycles. The van der Waals surface area contributed by atoms with Gasteiger partial charge in [-0.3, -0.25) is 4.79 Å². The normalized spacial score (nSPS) is 11.7. The molecule has 1 aromatic carbocycles. The van der Waals surface area contributed by atoms with Gasteiger partial charge in [0.05, 0.1) is 11.4 Å². The predicted molar refractivity (Wildman–Crippen MR) is 74.4 cm³/mol. The third-order valence-corrected chi connectivity index (χ3v) is 4.45. The second-order valence-electron chi connectivity index (χ2n) is 4.19. The number of benzene rings is 1. The molecule has 0 atom stereocenters. The van der Waals surface area contributed by atoms with Crippen LogP contribution in [0.2, 0.25) is 0 Å². The van der Waals surface area contributed by atoms with Crippen molar-refractivity contribution in [1.82, 2.24) is 14.3 Å². The van der Waals surface area contributed by atoms with Gasteiger partial charge in [0.15, 0.2) is 0 Å². The van der Waals surface area contributed by atoms with Crippen molar-refractivity contribution in [1.29, 1.82) is 0 Å². The lowest BCUT2D eigenvalue weighted by Crippen LogP contribution is -2.28. The van der Waals surface area contributed by atoms with Crippen LogP contribution in [0.5, 0.6) is 0 Å². The van der Waals surface area contributed by atoms with Gasteiger partial charge in [-0.05, 0) is 12.1 Å². The third-order valence-electron chi connectivity index (χ3n) is 2.63. The minimum atomic E-state index is -3.63. The van der Waals surface area contributed by atoms with Crippen LogP contribution in [0.1, 0.15) is 5.82 Å². The molecule has 0 radical (unpaired) electrons. The molecule has 106 valence electrons. The molecule has 0 unspecified atom stereocenters. The highest BCUT2D eigenvalue weighted by Gasteiger charge is 2.21. The number of aromatic amines is 1. The van der Waals surface area contributed by atoms with Crippen molar-refractivity contribution in [3.8, 4) is 0 Å². The van der Waals surface area contributed by atoms with Crippen LogP contribution in [0.4, 0.5) is 5.82 Å². The molecule has 0 saturated carbocycles. The Hall–Kier alpha value is -2.19. The molecular formula is C12H14N4O3S. The Morgan fingerprint density at radius 3 is 2.55 bits per heavy atom. The molecular weight excluding hydrogens is 280 g/mol. The molecule has 0 saturated heterocycles.